The predicted octanol–water partition coefficient (Wildman–Crippen LogP) is 1.63. The molecule has 0 saturated carbocycles. The minimum Gasteiger partial charge on any atom is -0.508 e. The first-order chi connectivity index (χ1) is 10.2. The van der Waals surface area contributed by atoms with Crippen molar-refractivity contribution in [3.63, 3.8) is 0 Å². The molecule has 0 heterocycles. The first-order valence-corrected chi connectivity index (χ1v) is 6.54. The summed E-state index contributed by atoms with van der Waals surface area (Å²) in [7, 11) is 0. The molecule has 0 aliphatic heterocycles. The third-order valence-corrected chi connectivity index (χ3v) is 2.85. The average molecular weight is 280 g/mol. The van der Waals surface area contributed by atoms with Gasteiger partial charge in [-0.3, -0.25) is 4.79 Å². The van der Waals surface area contributed by atoms with E-state index in [4.69, 9.17) is 5.73 Å². The van der Waals surface area contributed by atoms with Gasteiger partial charge in [-0.2, -0.15) is 0 Å². The van der Waals surface area contributed by atoms with E-state index in [0.717, 1.165) is 11.1 Å². The summed E-state index contributed by atoms with van der Waals surface area (Å²) in [6.07, 6.45) is 0. The Bertz CT molecular complexity index is 682. The Morgan fingerprint density at radius 3 is 2.62 bits per heavy atom. The summed E-state index contributed by atoms with van der Waals surface area (Å²) in [5.74, 6) is 5.57. The second-order valence-corrected chi connectivity index (χ2v) is 4.44. The molecule has 0 bridgehead atoms. The molecular formula is C17H16N2O2. The van der Waals surface area contributed by atoms with Crippen LogP contribution in [0.4, 0.5) is 0 Å². The molecule has 0 atom stereocenters. The van der Waals surface area contributed by atoms with Gasteiger partial charge in [-0.1, -0.05) is 30.0 Å². The van der Waals surface area contributed by atoms with E-state index < -0.39 is 0 Å². The highest BCUT2D eigenvalue weighted by Crippen LogP contribution is 2.11. The van der Waals surface area contributed by atoms with Crippen LogP contribution in [0.25, 0.3) is 0 Å². The monoisotopic (exact) mass is 280 g/mol. The average Bonchev–Trinajstić information content (AvgIpc) is 2.51. The lowest BCUT2D eigenvalue weighted by Gasteiger charge is -2.06. The second-order valence-electron chi connectivity index (χ2n) is 4.44. The molecule has 106 valence electrons. The predicted molar refractivity (Wildman–Crippen MR) is 81.7 cm³/mol. The van der Waals surface area contributed by atoms with Gasteiger partial charge in [0.05, 0.1) is 6.54 Å². The van der Waals surface area contributed by atoms with E-state index in [9.17, 15) is 9.90 Å². The lowest BCUT2D eigenvalue weighted by atomic mass is 10.1. The van der Waals surface area contributed by atoms with E-state index in [1.165, 1.54) is 12.1 Å². The van der Waals surface area contributed by atoms with Crippen molar-refractivity contribution in [2.75, 3.05) is 6.54 Å². The van der Waals surface area contributed by atoms with Crippen LogP contribution in [0, 0.1) is 11.8 Å². The summed E-state index contributed by atoms with van der Waals surface area (Å²) in [5.41, 5.74) is 7.61. The number of amides is 1. The molecule has 4 N–H and O–H groups in total. The van der Waals surface area contributed by atoms with Gasteiger partial charge in [-0.05, 0) is 35.9 Å². The number of aromatic hydroxyl groups is 1. The number of carbonyl (C=O) groups is 1. The Morgan fingerprint density at radius 2 is 1.95 bits per heavy atom. The van der Waals surface area contributed by atoms with Crippen LogP contribution >= 0.6 is 0 Å². The molecule has 4 heteroatoms. The van der Waals surface area contributed by atoms with Gasteiger partial charge in [0.1, 0.15) is 5.75 Å². The Morgan fingerprint density at radius 1 is 1.19 bits per heavy atom. The maximum absolute atomic E-state index is 11.9. The number of phenolic OH excluding ortho intramolecular Hbond substituents is 1. The zero-order chi connectivity index (χ0) is 15.1. The number of carbonyl (C=O) groups excluding carboxylic acids is 1. The number of phenols is 1. The zero-order valence-electron chi connectivity index (χ0n) is 11.5. The first kappa shape index (κ1) is 14.6. The summed E-state index contributed by atoms with van der Waals surface area (Å²) >= 11 is 0. The van der Waals surface area contributed by atoms with Gasteiger partial charge in [-0.25, -0.2) is 0 Å². The molecule has 1 amide bonds. The largest absolute Gasteiger partial charge is 0.508 e. The van der Waals surface area contributed by atoms with E-state index in [1.54, 1.807) is 12.1 Å². The highest BCUT2D eigenvalue weighted by Gasteiger charge is 2.05. The third kappa shape index (κ3) is 4.37. The van der Waals surface area contributed by atoms with Crippen molar-refractivity contribution in [2.45, 2.75) is 6.54 Å². The summed E-state index contributed by atoms with van der Waals surface area (Å²) in [5, 5.41) is 12.1. The number of hydrogen-bond acceptors (Lipinski definition) is 3. The first-order valence-electron chi connectivity index (χ1n) is 6.54. The van der Waals surface area contributed by atoms with Crippen LogP contribution in [0.5, 0.6) is 5.75 Å². The van der Waals surface area contributed by atoms with Crippen molar-refractivity contribution in [1.29, 1.82) is 0 Å². The van der Waals surface area contributed by atoms with Gasteiger partial charge >= 0.3 is 0 Å². The molecule has 0 radical (unpaired) electrons. The molecule has 4 nitrogen and oxygen atoms in total. The molecule has 0 fully saturated rings. The SMILES string of the molecule is NCC#Cc1ccc(CNC(=O)c2cccc(O)c2)cc1. The number of nitrogens with two attached hydrogens (primary N) is 1. The molecule has 0 saturated heterocycles. The molecule has 21 heavy (non-hydrogen) atoms. The summed E-state index contributed by atoms with van der Waals surface area (Å²) in [4.78, 5) is 11.9. The van der Waals surface area contributed by atoms with Crippen molar-refractivity contribution in [3.8, 4) is 17.6 Å². The van der Waals surface area contributed by atoms with Crippen molar-refractivity contribution in [2.24, 2.45) is 5.73 Å². The standard InChI is InChI=1S/C17H16N2O2/c18-10-2-3-13-6-8-14(9-7-13)12-19-17(21)15-4-1-5-16(20)11-15/h1,4-9,11,20H,10,12,18H2,(H,19,21). The quantitative estimate of drug-likeness (QED) is 0.748. The van der Waals surface area contributed by atoms with Gasteiger partial charge in [0.15, 0.2) is 0 Å². The smallest absolute Gasteiger partial charge is 0.251 e. The highest BCUT2D eigenvalue weighted by molar-refractivity contribution is 5.94. The van der Waals surface area contributed by atoms with E-state index in [2.05, 4.69) is 17.2 Å². The topological polar surface area (TPSA) is 75.3 Å². The molecule has 2 aromatic carbocycles. The maximum atomic E-state index is 11.9. The van der Waals surface area contributed by atoms with Crippen LogP contribution in [0.2, 0.25) is 0 Å². The normalized spacial score (nSPS) is 9.57. The van der Waals surface area contributed by atoms with Crippen molar-refractivity contribution in [1.82, 2.24) is 5.32 Å². The molecule has 0 unspecified atom stereocenters. The van der Waals surface area contributed by atoms with Crippen molar-refractivity contribution in [3.05, 3.63) is 65.2 Å². The van der Waals surface area contributed by atoms with Crippen LogP contribution in [-0.4, -0.2) is 17.6 Å². The van der Waals surface area contributed by atoms with Crippen molar-refractivity contribution >= 4 is 5.91 Å². The molecule has 0 spiro atoms. The van der Waals surface area contributed by atoms with E-state index in [1.807, 2.05) is 24.3 Å². The number of nitrogens with one attached hydrogen (secondary N) is 1. The number of rotatable bonds is 3. The lowest BCUT2D eigenvalue weighted by Crippen LogP contribution is -2.22. The number of benzene rings is 2. The van der Waals surface area contributed by atoms with Crippen LogP contribution < -0.4 is 11.1 Å². The van der Waals surface area contributed by atoms with Gasteiger partial charge in [0.2, 0.25) is 0 Å². The van der Waals surface area contributed by atoms with Crippen LogP contribution in [-0.2, 0) is 6.54 Å². The summed E-state index contributed by atoms with van der Waals surface area (Å²) < 4.78 is 0. The van der Waals surface area contributed by atoms with Crippen LogP contribution in [0.15, 0.2) is 48.5 Å². The van der Waals surface area contributed by atoms with Gasteiger partial charge < -0.3 is 16.2 Å². The van der Waals surface area contributed by atoms with Gasteiger partial charge in [-0.15, -0.1) is 0 Å². The number of hydrogen-bond donors (Lipinski definition) is 3. The summed E-state index contributed by atoms with van der Waals surface area (Å²) in [6, 6.07) is 13.8. The fourth-order valence-corrected chi connectivity index (χ4v) is 1.79. The van der Waals surface area contributed by atoms with Gasteiger partial charge in [0, 0.05) is 17.7 Å². The Hall–Kier alpha value is -2.77. The summed E-state index contributed by atoms with van der Waals surface area (Å²) in [6.45, 7) is 0.751. The molecule has 0 aliphatic rings. The molecule has 0 aromatic heterocycles. The molecule has 2 rings (SSSR count). The Kier molecular flexibility index (Phi) is 4.97. The van der Waals surface area contributed by atoms with E-state index in [0.29, 0.717) is 18.7 Å². The third-order valence-electron chi connectivity index (χ3n) is 2.85. The Labute approximate surface area is 123 Å². The minimum atomic E-state index is -0.224. The molecule has 2 aromatic rings. The van der Waals surface area contributed by atoms with Crippen LogP contribution in [0.1, 0.15) is 21.5 Å². The van der Waals surface area contributed by atoms with E-state index in [-0.39, 0.29) is 11.7 Å². The lowest BCUT2D eigenvalue weighted by molar-refractivity contribution is 0.0950. The maximum Gasteiger partial charge on any atom is 0.251 e. The van der Waals surface area contributed by atoms with Crippen LogP contribution in [0.3, 0.4) is 0 Å². The highest BCUT2D eigenvalue weighted by atomic mass is 16.3. The fraction of sp³-hybridized carbons (Fsp3) is 0.118. The molecule has 0 aliphatic carbocycles. The minimum absolute atomic E-state index is 0.0745. The van der Waals surface area contributed by atoms with E-state index >= 15 is 0 Å². The fourth-order valence-electron chi connectivity index (χ4n) is 1.79. The van der Waals surface area contributed by atoms with Gasteiger partial charge in [0.25, 0.3) is 5.91 Å². The van der Waals surface area contributed by atoms with Crippen molar-refractivity contribution < 1.29 is 9.90 Å². The Balaban J connectivity index is 1.95. The second kappa shape index (κ2) is 7.13. The molecular weight excluding hydrogens is 264 g/mol. The zero-order valence-corrected chi connectivity index (χ0v) is 11.5.